The molecular formula is C21H28N6O2. The summed E-state index contributed by atoms with van der Waals surface area (Å²) in [5, 5.41) is 12.8. The molecule has 0 saturated carbocycles. The second-order valence-corrected chi connectivity index (χ2v) is 8.45. The molecule has 0 spiro atoms. The van der Waals surface area contributed by atoms with Crippen molar-refractivity contribution >= 4 is 0 Å². The summed E-state index contributed by atoms with van der Waals surface area (Å²) in [5.74, 6) is 1.70. The lowest BCUT2D eigenvalue weighted by Gasteiger charge is -2.33. The summed E-state index contributed by atoms with van der Waals surface area (Å²) < 4.78 is 13.5. The van der Waals surface area contributed by atoms with Crippen molar-refractivity contribution in [3.63, 3.8) is 0 Å². The van der Waals surface area contributed by atoms with E-state index in [2.05, 4.69) is 46.2 Å². The summed E-state index contributed by atoms with van der Waals surface area (Å²) in [7, 11) is 0. The van der Waals surface area contributed by atoms with Crippen LogP contribution >= 0.6 is 0 Å². The highest BCUT2D eigenvalue weighted by molar-refractivity contribution is 5.23. The third-order valence-electron chi connectivity index (χ3n) is 5.16. The van der Waals surface area contributed by atoms with Gasteiger partial charge in [0.15, 0.2) is 5.82 Å². The Labute approximate surface area is 170 Å². The van der Waals surface area contributed by atoms with Gasteiger partial charge < -0.3 is 9.15 Å². The van der Waals surface area contributed by atoms with Gasteiger partial charge in [-0.1, -0.05) is 0 Å². The van der Waals surface area contributed by atoms with Gasteiger partial charge in [-0.2, -0.15) is 0 Å². The Morgan fingerprint density at radius 2 is 2.07 bits per heavy atom. The van der Waals surface area contributed by atoms with Crippen LogP contribution in [0.3, 0.4) is 0 Å². The number of ether oxygens (including phenoxy) is 1. The molecule has 0 amide bonds. The van der Waals surface area contributed by atoms with Gasteiger partial charge in [0.25, 0.3) is 0 Å². The third-order valence-corrected chi connectivity index (χ3v) is 5.16. The van der Waals surface area contributed by atoms with Crippen molar-refractivity contribution in [2.45, 2.75) is 57.8 Å². The van der Waals surface area contributed by atoms with Crippen LogP contribution in [0.5, 0.6) is 0 Å². The average molecular weight is 396 g/mol. The van der Waals surface area contributed by atoms with Crippen molar-refractivity contribution < 1.29 is 9.15 Å². The fourth-order valence-electron chi connectivity index (χ4n) is 3.83. The number of furan rings is 1. The van der Waals surface area contributed by atoms with E-state index < -0.39 is 0 Å². The molecule has 1 aliphatic rings. The Morgan fingerprint density at radius 1 is 1.24 bits per heavy atom. The minimum atomic E-state index is -0.246. The van der Waals surface area contributed by atoms with Gasteiger partial charge in [-0.25, -0.2) is 4.68 Å². The molecule has 0 aromatic carbocycles. The van der Waals surface area contributed by atoms with Gasteiger partial charge in [-0.05, 0) is 73.9 Å². The standard InChI is InChI=1S/C21H28N6O2/c1-21(2,3)27-20(23-24-25-27)19(16-8-10-22-11-9-16)26(14-17-6-4-12-28-17)15-18-7-5-13-29-18/h4,6,8-12,18-19H,5,7,13-15H2,1-3H3. The summed E-state index contributed by atoms with van der Waals surface area (Å²) in [5.41, 5.74) is 0.842. The average Bonchev–Trinajstić information content (AvgIpc) is 3.45. The van der Waals surface area contributed by atoms with Crippen LogP contribution in [0, 0.1) is 0 Å². The van der Waals surface area contributed by atoms with E-state index in [0.29, 0.717) is 6.54 Å². The van der Waals surface area contributed by atoms with Crippen molar-refractivity contribution in [3.8, 4) is 0 Å². The topological polar surface area (TPSA) is 82.1 Å². The maximum Gasteiger partial charge on any atom is 0.173 e. The van der Waals surface area contributed by atoms with Crippen LogP contribution < -0.4 is 0 Å². The molecule has 29 heavy (non-hydrogen) atoms. The molecule has 2 unspecified atom stereocenters. The third kappa shape index (κ3) is 4.54. The van der Waals surface area contributed by atoms with Crippen LogP contribution in [0.15, 0.2) is 47.3 Å². The molecule has 1 fully saturated rings. The van der Waals surface area contributed by atoms with Crippen molar-refractivity contribution in [2.24, 2.45) is 0 Å². The molecule has 0 aliphatic carbocycles. The second-order valence-electron chi connectivity index (χ2n) is 8.45. The lowest BCUT2D eigenvalue weighted by Crippen LogP contribution is -2.38. The molecule has 4 heterocycles. The van der Waals surface area contributed by atoms with E-state index in [4.69, 9.17) is 9.15 Å². The molecule has 2 atom stereocenters. The first-order chi connectivity index (χ1) is 14.0. The zero-order valence-electron chi connectivity index (χ0n) is 17.2. The second kappa shape index (κ2) is 8.42. The fourth-order valence-corrected chi connectivity index (χ4v) is 3.83. The molecule has 3 aromatic heterocycles. The minimum Gasteiger partial charge on any atom is -0.468 e. The van der Waals surface area contributed by atoms with E-state index in [1.54, 1.807) is 6.26 Å². The summed E-state index contributed by atoms with van der Waals surface area (Å²) in [6.07, 6.45) is 7.67. The molecule has 0 radical (unpaired) electrons. The number of hydrogen-bond donors (Lipinski definition) is 0. The number of hydrogen-bond acceptors (Lipinski definition) is 7. The van der Waals surface area contributed by atoms with E-state index in [1.165, 1.54) is 0 Å². The Balaban J connectivity index is 1.76. The van der Waals surface area contributed by atoms with Crippen LogP contribution in [0.25, 0.3) is 0 Å². The lowest BCUT2D eigenvalue weighted by molar-refractivity contribution is 0.0538. The highest BCUT2D eigenvalue weighted by atomic mass is 16.5. The molecular weight excluding hydrogens is 368 g/mol. The predicted molar refractivity (Wildman–Crippen MR) is 107 cm³/mol. The summed E-state index contributed by atoms with van der Waals surface area (Å²) >= 11 is 0. The Morgan fingerprint density at radius 3 is 2.72 bits per heavy atom. The molecule has 0 N–H and O–H groups in total. The largest absolute Gasteiger partial charge is 0.468 e. The summed E-state index contributed by atoms with van der Waals surface area (Å²) in [4.78, 5) is 6.54. The van der Waals surface area contributed by atoms with Gasteiger partial charge in [0.05, 0.1) is 30.5 Å². The Hall–Kier alpha value is -2.58. The van der Waals surface area contributed by atoms with Gasteiger partial charge in [0, 0.05) is 25.5 Å². The van der Waals surface area contributed by atoms with E-state index in [1.807, 2.05) is 41.3 Å². The molecule has 1 aliphatic heterocycles. The zero-order valence-corrected chi connectivity index (χ0v) is 17.2. The van der Waals surface area contributed by atoms with E-state index in [9.17, 15) is 0 Å². The number of rotatable bonds is 7. The molecule has 154 valence electrons. The monoisotopic (exact) mass is 396 g/mol. The zero-order chi connectivity index (χ0) is 20.3. The molecule has 8 heteroatoms. The van der Waals surface area contributed by atoms with E-state index >= 15 is 0 Å². The normalized spacial score (nSPS) is 18.4. The number of pyridine rings is 1. The van der Waals surface area contributed by atoms with E-state index in [-0.39, 0.29) is 17.7 Å². The fraction of sp³-hybridized carbons (Fsp3) is 0.524. The molecule has 4 rings (SSSR count). The van der Waals surface area contributed by atoms with Gasteiger partial charge in [-0.15, -0.1) is 5.10 Å². The Bertz CT molecular complexity index is 882. The van der Waals surface area contributed by atoms with Crippen molar-refractivity contribution in [2.75, 3.05) is 13.2 Å². The number of nitrogens with zero attached hydrogens (tertiary/aromatic N) is 6. The van der Waals surface area contributed by atoms with Crippen LogP contribution in [0.2, 0.25) is 0 Å². The maximum atomic E-state index is 5.96. The SMILES string of the molecule is CC(C)(C)n1nnnc1C(c1ccncc1)N(Cc1ccco1)CC1CCCO1. The molecule has 8 nitrogen and oxygen atoms in total. The van der Waals surface area contributed by atoms with Crippen LogP contribution in [-0.2, 0) is 16.8 Å². The van der Waals surface area contributed by atoms with Crippen LogP contribution in [0.1, 0.15) is 56.8 Å². The first kappa shape index (κ1) is 19.7. The first-order valence-corrected chi connectivity index (χ1v) is 10.1. The molecule has 3 aromatic rings. The van der Waals surface area contributed by atoms with Gasteiger partial charge >= 0.3 is 0 Å². The van der Waals surface area contributed by atoms with Crippen LogP contribution in [0.4, 0.5) is 0 Å². The summed E-state index contributed by atoms with van der Waals surface area (Å²) in [6.45, 7) is 8.54. The lowest BCUT2D eigenvalue weighted by atomic mass is 10.0. The maximum absolute atomic E-state index is 5.96. The number of aromatic nitrogens is 5. The first-order valence-electron chi connectivity index (χ1n) is 10.1. The van der Waals surface area contributed by atoms with E-state index in [0.717, 1.165) is 43.1 Å². The Kier molecular flexibility index (Phi) is 5.73. The highest BCUT2D eigenvalue weighted by Crippen LogP contribution is 2.32. The van der Waals surface area contributed by atoms with Crippen molar-refractivity contribution in [1.82, 2.24) is 30.1 Å². The quantitative estimate of drug-likeness (QED) is 0.606. The smallest absolute Gasteiger partial charge is 0.173 e. The summed E-state index contributed by atoms with van der Waals surface area (Å²) in [6, 6.07) is 7.81. The highest BCUT2D eigenvalue weighted by Gasteiger charge is 2.33. The molecule has 1 saturated heterocycles. The molecule has 0 bridgehead atoms. The van der Waals surface area contributed by atoms with Gasteiger partial charge in [0.1, 0.15) is 5.76 Å². The van der Waals surface area contributed by atoms with Gasteiger partial charge in [-0.3, -0.25) is 9.88 Å². The number of tetrazole rings is 1. The van der Waals surface area contributed by atoms with Crippen LogP contribution in [-0.4, -0.2) is 49.3 Å². The van der Waals surface area contributed by atoms with Gasteiger partial charge in [0.2, 0.25) is 0 Å². The minimum absolute atomic E-state index is 0.151. The van der Waals surface area contributed by atoms with Crippen molar-refractivity contribution in [3.05, 3.63) is 60.1 Å². The predicted octanol–water partition coefficient (Wildman–Crippen LogP) is 3.19. The van der Waals surface area contributed by atoms with Crippen molar-refractivity contribution in [1.29, 1.82) is 0 Å².